The zero-order valence-corrected chi connectivity index (χ0v) is 13.9. The molecule has 1 fully saturated rings. The number of carbonyl (C=O) groups excluding carboxylic acids is 2. The van der Waals surface area contributed by atoms with Gasteiger partial charge in [-0.1, -0.05) is 0 Å². The molecule has 2 rings (SSSR count). The van der Waals surface area contributed by atoms with Crippen LogP contribution in [0.25, 0.3) is 0 Å². The zero-order valence-electron chi connectivity index (χ0n) is 13.9. The molecule has 0 unspecified atom stereocenters. The number of hydrogen-bond donors (Lipinski definition) is 2. The number of benzene rings is 1. The van der Waals surface area contributed by atoms with Crippen LogP contribution < -0.4 is 10.1 Å². The lowest BCUT2D eigenvalue weighted by molar-refractivity contribution is -0.138. The monoisotopic (exact) mass is 358 g/mol. The highest BCUT2D eigenvalue weighted by molar-refractivity contribution is 5.95. The summed E-state index contributed by atoms with van der Waals surface area (Å²) in [5.74, 6) is -3.42. The Morgan fingerprint density at radius 2 is 1.96 bits per heavy atom. The Morgan fingerprint density at radius 3 is 2.48 bits per heavy atom. The van der Waals surface area contributed by atoms with Crippen LogP contribution in [-0.4, -0.2) is 67.9 Å². The standard InChI is InChI=1S/C16H20F2N2O5/c1-24-8-14(22)20-4-3-12(13(21)7-20)19-16(23)15-10(17)5-9(25-2)6-11(15)18/h5-6,12-13,21H,3-4,7-8H2,1-2H3,(H,19,23)/t12-,13-/m1/s1. The Labute approximate surface area is 143 Å². The number of carbonyl (C=O) groups is 2. The van der Waals surface area contributed by atoms with E-state index in [4.69, 9.17) is 9.47 Å². The molecule has 138 valence electrons. The summed E-state index contributed by atoms with van der Waals surface area (Å²) in [5, 5.41) is 12.5. The van der Waals surface area contributed by atoms with Gasteiger partial charge in [-0.25, -0.2) is 8.78 Å². The Morgan fingerprint density at radius 1 is 1.32 bits per heavy atom. The van der Waals surface area contributed by atoms with Crippen LogP contribution in [0.2, 0.25) is 0 Å². The van der Waals surface area contributed by atoms with E-state index in [0.717, 1.165) is 12.1 Å². The van der Waals surface area contributed by atoms with Gasteiger partial charge in [-0.05, 0) is 6.42 Å². The number of β-amino-alcohol motifs (C(OH)–C–C–N with tert-alkyl or cyclic N) is 1. The van der Waals surface area contributed by atoms with Crippen molar-refractivity contribution >= 4 is 11.8 Å². The first kappa shape index (κ1) is 19.1. The number of nitrogens with zero attached hydrogens (tertiary/aromatic N) is 1. The summed E-state index contributed by atoms with van der Waals surface area (Å²) >= 11 is 0. The summed E-state index contributed by atoms with van der Waals surface area (Å²) < 4.78 is 37.4. The zero-order chi connectivity index (χ0) is 18.6. The summed E-state index contributed by atoms with van der Waals surface area (Å²) in [4.78, 5) is 25.3. The van der Waals surface area contributed by atoms with Gasteiger partial charge in [0.2, 0.25) is 5.91 Å². The maximum Gasteiger partial charge on any atom is 0.257 e. The number of methoxy groups -OCH3 is 2. The number of aliphatic hydroxyl groups excluding tert-OH is 1. The van der Waals surface area contributed by atoms with E-state index in [0.29, 0.717) is 0 Å². The van der Waals surface area contributed by atoms with Crippen molar-refractivity contribution in [1.29, 1.82) is 0 Å². The van der Waals surface area contributed by atoms with Crippen LogP contribution in [0.3, 0.4) is 0 Å². The van der Waals surface area contributed by atoms with E-state index in [1.807, 2.05) is 0 Å². The molecule has 1 aromatic rings. The number of ether oxygens (including phenoxy) is 2. The Bertz CT molecular complexity index is 632. The highest BCUT2D eigenvalue weighted by Crippen LogP contribution is 2.21. The van der Waals surface area contributed by atoms with Crippen LogP contribution in [0, 0.1) is 11.6 Å². The van der Waals surface area contributed by atoms with Gasteiger partial charge in [-0.2, -0.15) is 0 Å². The molecule has 1 aromatic carbocycles. The van der Waals surface area contributed by atoms with Gasteiger partial charge < -0.3 is 24.8 Å². The first-order valence-electron chi connectivity index (χ1n) is 7.66. The van der Waals surface area contributed by atoms with Crippen LogP contribution in [0.1, 0.15) is 16.8 Å². The highest BCUT2D eigenvalue weighted by Gasteiger charge is 2.32. The van der Waals surface area contributed by atoms with Crippen molar-refractivity contribution in [2.45, 2.75) is 18.6 Å². The van der Waals surface area contributed by atoms with Crippen LogP contribution in [-0.2, 0) is 9.53 Å². The molecule has 2 amide bonds. The van der Waals surface area contributed by atoms with Crippen molar-refractivity contribution in [2.75, 3.05) is 33.9 Å². The van der Waals surface area contributed by atoms with Gasteiger partial charge >= 0.3 is 0 Å². The van der Waals surface area contributed by atoms with E-state index < -0.39 is 35.3 Å². The second kappa shape index (κ2) is 8.21. The van der Waals surface area contributed by atoms with Gasteiger partial charge in [0.05, 0.1) is 19.3 Å². The maximum atomic E-state index is 13.9. The van der Waals surface area contributed by atoms with Crippen molar-refractivity contribution in [3.05, 3.63) is 29.3 Å². The molecule has 1 saturated heterocycles. The van der Waals surface area contributed by atoms with Gasteiger partial charge in [0, 0.05) is 32.3 Å². The van der Waals surface area contributed by atoms with Gasteiger partial charge in [-0.15, -0.1) is 0 Å². The lowest BCUT2D eigenvalue weighted by atomic mass is 10.0. The third kappa shape index (κ3) is 4.43. The molecule has 1 aliphatic rings. The summed E-state index contributed by atoms with van der Waals surface area (Å²) in [6, 6.07) is 1.08. The molecule has 0 aromatic heterocycles. The average Bonchev–Trinajstić information content (AvgIpc) is 2.56. The molecule has 9 heteroatoms. The largest absolute Gasteiger partial charge is 0.497 e. The van der Waals surface area contributed by atoms with Crippen molar-refractivity contribution in [3.63, 3.8) is 0 Å². The molecule has 0 spiro atoms. The smallest absolute Gasteiger partial charge is 0.257 e. The molecule has 0 saturated carbocycles. The number of aliphatic hydroxyl groups is 1. The molecule has 25 heavy (non-hydrogen) atoms. The Hall–Kier alpha value is -2.26. The minimum atomic E-state index is -1.06. The number of rotatable bonds is 5. The minimum Gasteiger partial charge on any atom is -0.497 e. The summed E-state index contributed by atoms with van der Waals surface area (Å²) in [5.41, 5.74) is -0.745. The molecule has 0 radical (unpaired) electrons. The van der Waals surface area contributed by atoms with E-state index in [1.165, 1.54) is 19.1 Å². The van der Waals surface area contributed by atoms with Crippen LogP contribution in [0.15, 0.2) is 12.1 Å². The third-order valence-electron chi connectivity index (χ3n) is 4.00. The van der Waals surface area contributed by atoms with Gasteiger partial charge in [-0.3, -0.25) is 9.59 Å². The number of hydrogen-bond acceptors (Lipinski definition) is 5. The van der Waals surface area contributed by atoms with E-state index in [-0.39, 0.29) is 37.8 Å². The molecular weight excluding hydrogens is 338 g/mol. The summed E-state index contributed by atoms with van der Waals surface area (Å²) in [7, 11) is 2.64. The molecule has 0 aliphatic carbocycles. The molecule has 2 N–H and O–H groups in total. The number of amides is 2. The van der Waals surface area contributed by atoms with Crippen LogP contribution in [0.5, 0.6) is 5.75 Å². The third-order valence-corrected chi connectivity index (χ3v) is 4.00. The fourth-order valence-electron chi connectivity index (χ4n) is 2.67. The molecule has 0 bridgehead atoms. The van der Waals surface area contributed by atoms with E-state index in [2.05, 4.69) is 5.32 Å². The van der Waals surface area contributed by atoms with E-state index in [1.54, 1.807) is 0 Å². The first-order chi connectivity index (χ1) is 11.9. The van der Waals surface area contributed by atoms with E-state index >= 15 is 0 Å². The quantitative estimate of drug-likeness (QED) is 0.791. The average molecular weight is 358 g/mol. The molecule has 1 heterocycles. The summed E-state index contributed by atoms with van der Waals surface area (Å²) in [6.45, 7) is 0.185. The van der Waals surface area contributed by atoms with Crippen molar-refractivity contribution in [1.82, 2.24) is 10.2 Å². The fraction of sp³-hybridized carbons (Fsp3) is 0.500. The van der Waals surface area contributed by atoms with E-state index in [9.17, 15) is 23.5 Å². The predicted octanol–water partition coefficient (Wildman–Crippen LogP) is 0.311. The van der Waals surface area contributed by atoms with Gasteiger partial charge in [0.15, 0.2) is 0 Å². The number of likely N-dealkylation sites (tertiary alicyclic amines) is 1. The maximum absolute atomic E-state index is 13.9. The SMILES string of the molecule is COCC(=O)N1CC[C@@H](NC(=O)c2c(F)cc(OC)cc2F)[C@H](O)C1. The molecular formula is C16H20F2N2O5. The van der Waals surface area contributed by atoms with Gasteiger partial charge in [0.25, 0.3) is 5.91 Å². The highest BCUT2D eigenvalue weighted by atomic mass is 19.1. The lowest BCUT2D eigenvalue weighted by Crippen LogP contribution is -2.56. The van der Waals surface area contributed by atoms with Crippen molar-refractivity contribution in [2.24, 2.45) is 0 Å². The van der Waals surface area contributed by atoms with Crippen LogP contribution in [0.4, 0.5) is 8.78 Å². The minimum absolute atomic E-state index is 0.000711. The number of nitrogens with one attached hydrogen (secondary N) is 1. The fourth-order valence-corrected chi connectivity index (χ4v) is 2.67. The predicted molar refractivity (Wildman–Crippen MR) is 83.2 cm³/mol. The number of halogens is 2. The van der Waals surface area contributed by atoms with Crippen LogP contribution >= 0.6 is 0 Å². The number of piperidine rings is 1. The molecule has 2 atom stereocenters. The molecule has 1 aliphatic heterocycles. The van der Waals surface area contributed by atoms with Gasteiger partial charge in [0.1, 0.15) is 29.6 Å². The summed E-state index contributed by atoms with van der Waals surface area (Å²) in [6.07, 6.45) is -0.801. The Balaban J connectivity index is 2.03. The lowest BCUT2D eigenvalue weighted by Gasteiger charge is -2.36. The van der Waals surface area contributed by atoms with Crippen molar-refractivity contribution < 1.29 is 33.0 Å². The topological polar surface area (TPSA) is 88.1 Å². The normalized spacial score (nSPS) is 20.3. The Kier molecular flexibility index (Phi) is 6.27. The molecule has 7 nitrogen and oxygen atoms in total. The second-order valence-electron chi connectivity index (χ2n) is 5.67. The first-order valence-corrected chi connectivity index (χ1v) is 7.66. The second-order valence-corrected chi connectivity index (χ2v) is 5.67. The van der Waals surface area contributed by atoms with Crippen molar-refractivity contribution in [3.8, 4) is 5.75 Å².